The van der Waals surface area contributed by atoms with Crippen LogP contribution in [0.4, 0.5) is 0 Å². The van der Waals surface area contributed by atoms with E-state index in [-0.39, 0.29) is 0 Å². The molecule has 0 radical (unpaired) electrons. The van der Waals surface area contributed by atoms with Crippen LogP contribution >= 0.6 is 0 Å². The minimum absolute atomic E-state index is 0.968. The van der Waals surface area contributed by atoms with Crippen LogP contribution in [0, 0.1) is 11.3 Å². The predicted octanol–water partition coefficient (Wildman–Crippen LogP) is 3.32. The summed E-state index contributed by atoms with van der Waals surface area (Å²) in [5, 5.41) is 9.25. The van der Waals surface area contributed by atoms with Crippen molar-refractivity contribution in [3.05, 3.63) is 33.9 Å². The number of fused-ring (bicyclic) bond motifs is 3. The minimum atomic E-state index is 0.968. The van der Waals surface area contributed by atoms with Gasteiger partial charge in [-0.3, -0.25) is 0 Å². The Balaban J connectivity index is 2.22. The second kappa shape index (κ2) is 3.94. The van der Waals surface area contributed by atoms with E-state index in [2.05, 4.69) is 12.1 Å². The highest BCUT2D eigenvalue weighted by molar-refractivity contribution is 5.52. The van der Waals surface area contributed by atoms with Gasteiger partial charge in [-0.25, -0.2) is 0 Å². The van der Waals surface area contributed by atoms with E-state index in [9.17, 15) is 5.26 Å². The molecule has 1 aromatic carbocycles. The SMILES string of the molecule is N#Cc1cc2c(c3c1CCCC3)CCCC2. The lowest BCUT2D eigenvalue weighted by Crippen LogP contribution is -2.14. The zero-order valence-electron chi connectivity index (χ0n) is 9.68. The summed E-state index contributed by atoms with van der Waals surface area (Å²) in [7, 11) is 0. The van der Waals surface area contributed by atoms with Gasteiger partial charge in [0.15, 0.2) is 0 Å². The van der Waals surface area contributed by atoms with Crippen LogP contribution in [-0.4, -0.2) is 0 Å². The van der Waals surface area contributed by atoms with Crippen LogP contribution in [0.3, 0.4) is 0 Å². The number of hydrogen-bond acceptors (Lipinski definition) is 1. The molecule has 0 aromatic heterocycles. The summed E-state index contributed by atoms with van der Waals surface area (Å²) >= 11 is 0. The summed E-state index contributed by atoms with van der Waals surface area (Å²) in [5.74, 6) is 0. The molecule has 0 unspecified atom stereocenters. The summed E-state index contributed by atoms with van der Waals surface area (Å²) in [6.45, 7) is 0. The Morgan fingerprint density at radius 3 is 2.19 bits per heavy atom. The maximum Gasteiger partial charge on any atom is 0.0994 e. The molecule has 0 saturated carbocycles. The van der Waals surface area contributed by atoms with E-state index in [4.69, 9.17) is 0 Å². The maximum atomic E-state index is 9.25. The number of nitrogens with zero attached hydrogens (tertiary/aromatic N) is 1. The Hall–Kier alpha value is -1.29. The molecule has 2 aliphatic carbocycles. The molecule has 0 N–H and O–H groups in total. The Kier molecular flexibility index (Phi) is 2.44. The summed E-state index contributed by atoms with van der Waals surface area (Å²) in [4.78, 5) is 0. The predicted molar refractivity (Wildman–Crippen MR) is 64.4 cm³/mol. The van der Waals surface area contributed by atoms with Crippen LogP contribution in [0.2, 0.25) is 0 Å². The lowest BCUT2D eigenvalue weighted by Gasteiger charge is -2.26. The quantitative estimate of drug-likeness (QED) is 0.646. The first-order chi connectivity index (χ1) is 7.90. The summed E-state index contributed by atoms with van der Waals surface area (Å²) in [6, 6.07) is 4.58. The van der Waals surface area contributed by atoms with Gasteiger partial charge in [0.25, 0.3) is 0 Å². The summed E-state index contributed by atoms with van der Waals surface area (Å²) in [6.07, 6.45) is 10.0. The molecule has 0 saturated heterocycles. The van der Waals surface area contributed by atoms with Crippen LogP contribution in [-0.2, 0) is 25.7 Å². The fourth-order valence-corrected chi connectivity index (χ4v) is 3.33. The highest BCUT2D eigenvalue weighted by atomic mass is 14.3. The van der Waals surface area contributed by atoms with Crippen molar-refractivity contribution in [1.29, 1.82) is 5.26 Å². The standard InChI is InChI=1S/C15H17N/c16-10-12-9-11-5-1-2-6-13(11)15-8-4-3-7-14(12)15/h9H,1-8H2. The van der Waals surface area contributed by atoms with Gasteiger partial charge in [-0.1, -0.05) is 0 Å². The van der Waals surface area contributed by atoms with Crippen molar-refractivity contribution in [3.63, 3.8) is 0 Å². The zero-order chi connectivity index (χ0) is 11.0. The second-order valence-corrected chi connectivity index (χ2v) is 5.04. The van der Waals surface area contributed by atoms with E-state index in [0.29, 0.717) is 0 Å². The van der Waals surface area contributed by atoms with Crippen molar-refractivity contribution >= 4 is 0 Å². The zero-order valence-corrected chi connectivity index (χ0v) is 9.68. The van der Waals surface area contributed by atoms with Gasteiger partial charge >= 0.3 is 0 Å². The molecule has 0 amide bonds. The molecule has 3 rings (SSSR count). The Labute approximate surface area is 97.1 Å². The van der Waals surface area contributed by atoms with E-state index >= 15 is 0 Å². The third-order valence-corrected chi connectivity index (χ3v) is 4.11. The molecule has 2 aliphatic rings. The fraction of sp³-hybridized carbons (Fsp3) is 0.533. The molecule has 0 atom stereocenters. The topological polar surface area (TPSA) is 23.8 Å². The maximum absolute atomic E-state index is 9.25. The molecular formula is C15H17N. The first kappa shape index (κ1) is 9.90. The van der Waals surface area contributed by atoms with Gasteiger partial charge in [0.2, 0.25) is 0 Å². The summed E-state index contributed by atoms with van der Waals surface area (Å²) in [5.41, 5.74) is 6.99. The third-order valence-electron chi connectivity index (χ3n) is 4.11. The second-order valence-electron chi connectivity index (χ2n) is 5.04. The number of nitriles is 1. The van der Waals surface area contributed by atoms with Crippen molar-refractivity contribution in [3.8, 4) is 6.07 Å². The number of rotatable bonds is 0. The van der Waals surface area contributed by atoms with Gasteiger partial charge in [0.05, 0.1) is 11.6 Å². The molecule has 0 aliphatic heterocycles. The number of benzene rings is 1. The molecule has 82 valence electrons. The van der Waals surface area contributed by atoms with Crippen LogP contribution in [0.1, 0.15) is 53.5 Å². The normalized spacial score (nSPS) is 18.4. The van der Waals surface area contributed by atoms with Gasteiger partial charge in [-0.05, 0) is 79.7 Å². The monoisotopic (exact) mass is 211 g/mol. The molecule has 1 nitrogen and oxygen atoms in total. The highest BCUT2D eigenvalue weighted by Crippen LogP contribution is 2.33. The average Bonchev–Trinajstić information content (AvgIpc) is 2.38. The van der Waals surface area contributed by atoms with Crippen molar-refractivity contribution in [1.82, 2.24) is 0 Å². The van der Waals surface area contributed by atoms with Crippen molar-refractivity contribution in [2.75, 3.05) is 0 Å². The molecule has 1 heteroatoms. The van der Waals surface area contributed by atoms with Crippen molar-refractivity contribution in [2.45, 2.75) is 51.4 Å². The lowest BCUT2D eigenvalue weighted by atomic mass is 9.78. The Morgan fingerprint density at radius 2 is 1.44 bits per heavy atom. The fourth-order valence-electron chi connectivity index (χ4n) is 3.33. The van der Waals surface area contributed by atoms with Gasteiger partial charge in [-0.2, -0.15) is 5.26 Å². The van der Waals surface area contributed by atoms with E-state index < -0.39 is 0 Å². The minimum Gasteiger partial charge on any atom is -0.192 e. The largest absolute Gasteiger partial charge is 0.192 e. The van der Waals surface area contributed by atoms with Crippen LogP contribution in [0.5, 0.6) is 0 Å². The molecule has 0 heterocycles. The smallest absolute Gasteiger partial charge is 0.0994 e. The van der Waals surface area contributed by atoms with Crippen molar-refractivity contribution in [2.24, 2.45) is 0 Å². The van der Waals surface area contributed by atoms with Crippen LogP contribution < -0.4 is 0 Å². The van der Waals surface area contributed by atoms with Gasteiger partial charge in [0.1, 0.15) is 0 Å². The number of aryl methyl sites for hydroxylation is 1. The van der Waals surface area contributed by atoms with Gasteiger partial charge < -0.3 is 0 Å². The van der Waals surface area contributed by atoms with Crippen LogP contribution in [0.25, 0.3) is 0 Å². The Morgan fingerprint density at radius 1 is 0.812 bits per heavy atom. The molecule has 16 heavy (non-hydrogen) atoms. The third kappa shape index (κ3) is 1.45. The first-order valence-electron chi connectivity index (χ1n) is 6.47. The molecule has 0 fully saturated rings. The number of hydrogen-bond donors (Lipinski definition) is 0. The van der Waals surface area contributed by atoms with Gasteiger partial charge in [0, 0.05) is 0 Å². The van der Waals surface area contributed by atoms with Crippen molar-refractivity contribution < 1.29 is 0 Å². The van der Waals surface area contributed by atoms with Crippen LogP contribution in [0.15, 0.2) is 6.07 Å². The lowest BCUT2D eigenvalue weighted by molar-refractivity contribution is 0.639. The average molecular weight is 211 g/mol. The summed E-state index contributed by atoms with van der Waals surface area (Å²) < 4.78 is 0. The Bertz CT molecular complexity index is 465. The van der Waals surface area contributed by atoms with E-state index in [1.54, 1.807) is 11.1 Å². The molecule has 1 aromatic rings. The highest BCUT2D eigenvalue weighted by Gasteiger charge is 2.21. The molecule has 0 spiro atoms. The van der Waals surface area contributed by atoms with E-state index in [1.807, 2.05) is 0 Å². The van der Waals surface area contributed by atoms with E-state index in [0.717, 1.165) is 12.0 Å². The molecular weight excluding hydrogens is 194 g/mol. The van der Waals surface area contributed by atoms with E-state index in [1.165, 1.54) is 56.1 Å². The molecule has 0 bridgehead atoms. The van der Waals surface area contributed by atoms with Gasteiger partial charge in [-0.15, -0.1) is 0 Å². The first-order valence-corrected chi connectivity index (χ1v) is 6.47.